The molecule has 6 nitrogen and oxygen atoms in total. The Morgan fingerprint density at radius 2 is 1.81 bits per heavy atom. The van der Waals surface area contributed by atoms with Gasteiger partial charge in [-0.3, -0.25) is 14.7 Å². The van der Waals surface area contributed by atoms with Crippen LogP contribution in [0.25, 0.3) is 0 Å². The zero-order valence-corrected chi connectivity index (χ0v) is 12.6. The number of amides is 2. The quantitative estimate of drug-likeness (QED) is 0.910. The Kier molecular flexibility index (Phi) is 3.69. The minimum absolute atomic E-state index is 0.0447. The van der Waals surface area contributed by atoms with Gasteiger partial charge in [-0.05, 0) is 24.8 Å². The van der Waals surface area contributed by atoms with Crippen molar-refractivity contribution < 1.29 is 9.59 Å². The summed E-state index contributed by atoms with van der Waals surface area (Å²) in [6, 6.07) is 1.83. The number of hydrogen-bond donors (Lipinski definition) is 1. The lowest BCUT2D eigenvalue weighted by atomic mass is 10.1. The van der Waals surface area contributed by atoms with Crippen molar-refractivity contribution in [3.05, 3.63) is 17.5 Å². The molecule has 0 aromatic carbocycles. The molecule has 0 bridgehead atoms. The highest BCUT2D eigenvalue weighted by molar-refractivity contribution is 5.92. The van der Waals surface area contributed by atoms with E-state index in [1.807, 2.05) is 11.0 Å². The normalized spacial score (nSPS) is 19.2. The van der Waals surface area contributed by atoms with Gasteiger partial charge in [-0.15, -0.1) is 0 Å². The van der Waals surface area contributed by atoms with Crippen LogP contribution in [0.15, 0.2) is 6.07 Å². The lowest BCUT2D eigenvalue weighted by Gasteiger charge is -2.34. The molecule has 0 unspecified atom stereocenters. The van der Waals surface area contributed by atoms with E-state index >= 15 is 0 Å². The van der Waals surface area contributed by atoms with Crippen LogP contribution in [0.3, 0.4) is 0 Å². The van der Waals surface area contributed by atoms with Crippen LogP contribution in [-0.2, 0) is 4.79 Å². The van der Waals surface area contributed by atoms with E-state index in [1.165, 1.54) is 0 Å². The van der Waals surface area contributed by atoms with Crippen LogP contribution in [0.1, 0.15) is 48.8 Å². The van der Waals surface area contributed by atoms with E-state index in [0.717, 1.165) is 18.5 Å². The lowest BCUT2D eigenvalue weighted by Crippen LogP contribution is -2.51. The van der Waals surface area contributed by atoms with E-state index in [1.54, 1.807) is 4.90 Å². The highest BCUT2D eigenvalue weighted by atomic mass is 16.2. The number of carbonyl (C=O) groups is 2. The maximum Gasteiger partial charge on any atom is 0.274 e. The summed E-state index contributed by atoms with van der Waals surface area (Å²) in [7, 11) is 0. The zero-order valence-electron chi connectivity index (χ0n) is 12.6. The number of hydrogen-bond acceptors (Lipinski definition) is 3. The van der Waals surface area contributed by atoms with Gasteiger partial charge in [0.25, 0.3) is 5.91 Å². The van der Waals surface area contributed by atoms with Gasteiger partial charge in [-0.2, -0.15) is 5.10 Å². The predicted molar refractivity (Wildman–Crippen MR) is 77.9 cm³/mol. The van der Waals surface area contributed by atoms with Gasteiger partial charge in [0.2, 0.25) is 5.91 Å². The highest BCUT2D eigenvalue weighted by Crippen LogP contribution is 2.31. The maximum absolute atomic E-state index is 12.4. The first-order chi connectivity index (χ1) is 10.1. The molecule has 1 aliphatic carbocycles. The molecule has 1 N–H and O–H groups in total. The molecular weight excluding hydrogens is 268 g/mol. The SMILES string of the molecule is CC(C)c1cc(C(=O)N2CCN(C(=O)C3CC3)CC2)n[nH]1. The molecule has 1 aliphatic heterocycles. The third-order valence-corrected chi connectivity index (χ3v) is 4.24. The Hall–Kier alpha value is -1.85. The second kappa shape index (κ2) is 5.50. The largest absolute Gasteiger partial charge is 0.339 e. The predicted octanol–water partition coefficient (Wildman–Crippen LogP) is 1.23. The molecule has 1 aromatic rings. The van der Waals surface area contributed by atoms with E-state index in [0.29, 0.717) is 37.8 Å². The molecule has 1 saturated carbocycles. The summed E-state index contributed by atoms with van der Waals surface area (Å²) in [6.45, 7) is 6.60. The second-order valence-electron chi connectivity index (χ2n) is 6.25. The van der Waals surface area contributed by atoms with Gasteiger partial charge in [0.15, 0.2) is 0 Å². The Bertz CT molecular complexity index is 540. The number of carbonyl (C=O) groups excluding carboxylic acids is 2. The van der Waals surface area contributed by atoms with E-state index in [-0.39, 0.29) is 17.7 Å². The fraction of sp³-hybridized carbons (Fsp3) is 0.667. The molecule has 21 heavy (non-hydrogen) atoms. The van der Waals surface area contributed by atoms with Crippen LogP contribution < -0.4 is 0 Å². The summed E-state index contributed by atoms with van der Waals surface area (Å²) in [6.07, 6.45) is 2.06. The maximum atomic E-state index is 12.4. The number of nitrogens with one attached hydrogen (secondary N) is 1. The van der Waals surface area contributed by atoms with Gasteiger partial charge in [0.05, 0.1) is 0 Å². The number of piperazine rings is 1. The summed E-state index contributed by atoms with van der Waals surface area (Å²) >= 11 is 0. The minimum atomic E-state index is -0.0447. The Morgan fingerprint density at radius 1 is 1.19 bits per heavy atom. The number of nitrogens with zero attached hydrogens (tertiary/aromatic N) is 3. The van der Waals surface area contributed by atoms with Crippen LogP contribution in [0.4, 0.5) is 0 Å². The van der Waals surface area contributed by atoms with Gasteiger partial charge < -0.3 is 9.80 Å². The molecule has 0 spiro atoms. The average Bonchev–Trinajstić information content (AvgIpc) is 3.22. The Balaban J connectivity index is 1.57. The van der Waals surface area contributed by atoms with Gasteiger partial charge in [0, 0.05) is 37.8 Å². The van der Waals surface area contributed by atoms with Crippen LogP contribution in [-0.4, -0.2) is 58.0 Å². The molecule has 2 fully saturated rings. The van der Waals surface area contributed by atoms with Gasteiger partial charge in [-0.1, -0.05) is 13.8 Å². The first-order valence-electron chi connectivity index (χ1n) is 7.69. The highest BCUT2D eigenvalue weighted by Gasteiger charge is 2.35. The zero-order chi connectivity index (χ0) is 15.0. The van der Waals surface area contributed by atoms with Crippen LogP contribution in [0.2, 0.25) is 0 Å². The van der Waals surface area contributed by atoms with Crippen LogP contribution in [0, 0.1) is 5.92 Å². The van der Waals surface area contributed by atoms with Crippen molar-refractivity contribution in [1.29, 1.82) is 0 Å². The van der Waals surface area contributed by atoms with Gasteiger partial charge >= 0.3 is 0 Å². The van der Waals surface area contributed by atoms with E-state index in [4.69, 9.17) is 0 Å². The van der Waals surface area contributed by atoms with E-state index < -0.39 is 0 Å². The van der Waals surface area contributed by atoms with Crippen molar-refractivity contribution in [2.24, 2.45) is 5.92 Å². The molecule has 1 aromatic heterocycles. The molecule has 1 saturated heterocycles. The minimum Gasteiger partial charge on any atom is -0.339 e. The van der Waals surface area contributed by atoms with Crippen molar-refractivity contribution in [1.82, 2.24) is 20.0 Å². The molecule has 2 aliphatic rings. The topological polar surface area (TPSA) is 69.3 Å². The Labute approximate surface area is 124 Å². The first kappa shape index (κ1) is 14.1. The summed E-state index contributed by atoms with van der Waals surface area (Å²) in [5.74, 6) is 0.805. The molecular formula is C15H22N4O2. The van der Waals surface area contributed by atoms with Crippen molar-refractivity contribution in [2.45, 2.75) is 32.6 Å². The van der Waals surface area contributed by atoms with Crippen molar-refractivity contribution in [3.63, 3.8) is 0 Å². The fourth-order valence-electron chi connectivity index (χ4n) is 2.62. The Morgan fingerprint density at radius 3 is 2.33 bits per heavy atom. The summed E-state index contributed by atoms with van der Waals surface area (Å²) < 4.78 is 0. The number of aromatic nitrogens is 2. The standard InChI is InChI=1S/C15H22N4O2/c1-10(2)12-9-13(17-16-12)15(21)19-7-5-18(6-8-19)14(20)11-3-4-11/h9-11H,3-8H2,1-2H3,(H,16,17). The van der Waals surface area contributed by atoms with E-state index in [2.05, 4.69) is 24.0 Å². The summed E-state index contributed by atoms with van der Waals surface area (Å²) in [5, 5.41) is 7.02. The van der Waals surface area contributed by atoms with Crippen molar-refractivity contribution in [3.8, 4) is 0 Å². The van der Waals surface area contributed by atoms with E-state index in [9.17, 15) is 9.59 Å². The van der Waals surface area contributed by atoms with Gasteiger partial charge in [-0.25, -0.2) is 0 Å². The van der Waals surface area contributed by atoms with Crippen LogP contribution in [0.5, 0.6) is 0 Å². The first-order valence-corrected chi connectivity index (χ1v) is 7.69. The smallest absolute Gasteiger partial charge is 0.274 e. The third-order valence-electron chi connectivity index (χ3n) is 4.24. The molecule has 3 rings (SSSR count). The van der Waals surface area contributed by atoms with Crippen molar-refractivity contribution >= 4 is 11.8 Å². The number of rotatable bonds is 3. The van der Waals surface area contributed by atoms with Gasteiger partial charge in [0.1, 0.15) is 5.69 Å². The molecule has 2 heterocycles. The average molecular weight is 290 g/mol. The molecule has 114 valence electrons. The number of H-pyrrole nitrogens is 1. The third kappa shape index (κ3) is 2.94. The fourth-order valence-corrected chi connectivity index (χ4v) is 2.62. The monoisotopic (exact) mass is 290 g/mol. The molecule has 0 atom stereocenters. The second-order valence-corrected chi connectivity index (χ2v) is 6.25. The molecule has 2 amide bonds. The van der Waals surface area contributed by atoms with Crippen LogP contribution >= 0.6 is 0 Å². The summed E-state index contributed by atoms with van der Waals surface area (Å²) in [5.41, 5.74) is 1.45. The molecule has 6 heteroatoms. The number of aromatic amines is 1. The molecule has 0 radical (unpaired) electrons. The van der Waals surface area contributed by atoms with Crippen molar-refractivity contribution in [2.75, 3.05) is 26.2 Å². The lowest BCUT2D eigenvalue weighted by molar-refractivity contribution is -0.134. The summed E-state index contributed by atoms with van der Waals surface area (Å²) in [4.78, 5) is 28.1.